The second-order valence-corrected chi connectivity index (χ2v) is 5.03. The molecule has 116 valence electrons. The number of rotatable bonds is 6. The monoisotopic (exact) mass is 337 g/mol. The standard InChI is InChI=1S/C11H11Cl2N2O6/c12-9(13)10(17)14-7(11(18)19)8(16)5-1-3-6(4-2-5)15(20)21/h1-4,7-9,16,20H,(H,14,17)(H,18,19)/q-1/t7-,8+/m0/s1. The Morgan fingerprint density at radius 1 is 1.24 bits per heavy atom. The summed E-state index contributed by atoms with van der Waals surface area (Å²) in [5.74, 6) is -2.47. The first kappa shape index (κ1) is 17.5. The Hall–Kier alpha value is -1.58. The van der Waals surface area contributed by atoms with E-state index in [4.69, 9.17) is 33.5 Å². The predicted octanol–water partition coefficient (Wildman–Crippen LogP) is 0.786. The smallest absolute Gasteiger partial charge is 0.329 e. The lowest BCUT2D eigenvalue weighted by Crippen LogP contribution is -2.46. The van der Waals surface area contributed by atoms with Crippen LogP contribution in [0.2, 0.25) is 0 Å². The summed E-state index contributed by atoms with van der Waals surface area (Å²) in [5.41, 5.74) is -0.00237. The fourth-order valence-corrected chi connectivity index (χ4v) is 1.61. The fourth-order valence-electron chi connectivity index (χ4n) is 1.48. The maximum atomic E-state index is 11.3. The number of halogens is 2. The zero-order valence-electron chi connectivity index (χ0n) is 10.3. The molecule has 0 aliphatic rings. The average molecular weight is 338 g/mol. The number of hydrogen-bond acceptors (Lipinski definition) is 6. The zero-order chi connectivity index (χ0) is 16.2. The summed E-state index contributed by atoms with van der Waals surface area (Å²) in [7, 11) is 0. The average Bonchev–Trinajstić information content (AvgIpc) is 2.43. The number of carboxylic acids is 1. The third-order valence-corrected chi connectivity index (χ3v) is 2.93. The SMILES string of the molecule is O=C(N[C@H](C(=O)O)[C@H](O)c1ccc(N([O-])O)cc1)C(Cl)Cl. The van der Waals surface area contributed by atoms with Crippen molar-refractivity contribution in [1.82, 2.24) is 5.32 Å². The number of nitrogens with zero attached hydrogens (tertiary/aromatic N) is 1. The summed E-state index contributed by atoms with van der Waals surface area (Å²) < 4.78 is 0. The van der Waals surface area contributed by atoms with E-state index in [0.717, 1.165) is 12.1 Å². The van der Waals surface area contributed by atoms with Crippen LogP contribution >= 0.6 is 23.2 Å². The summed E-state index contributed by atoms with van der Waals surface area (Å²) in [6, 6.07) is 3.10. The minimum absolute atomic E-state index is 0.106. The highest BCUT2D eigenvalue weighted by molar-refractivity contribution is 6.53. The number of amides is 1. The van der Waals surface area contributed by atoms with Crippen LogP contribution in [0.3, 0.4) is 0 Å². The number of benzene rings is 1. The highest BCUT2D eigenvalue weighted by Crippen LogP contribution is 2.21. The van der Waals surface area contributed by atoms with Gasteiger partial charge in [0, 0.05) is 0 Å². The number of anilines is 1. The van der Waals surface area contributed by atoms with Crippen molar-refractivity contribution in [1.29, 1.82) is 0 Å². The lowest BCUT2D eigenvalue weighted by atomic mass is 10.0. The Balaban J connectivity index is 2.92. The van der Waals surface area contributed by atoms with Crippen LogP contribution in [0, 0.1) is 5.21 Å². The molecule has 0 radical (unpaired) electrons. The predicted molar refractivity (Wildman–Crippen MR) is 74.1 cm³/mol. The molecule has 0 unspecified atom stereocenters. The Morgan fingerprint density at radius 3 is 2.14 bits per heavy atom. The van der Waals surface area contributed by atoms with Gasteiger partial charge in [-0.25, -0.2) is 4.79 Å². The van der Waals surface area contributed by atoms with Crippen molar-refractivity contribution in [3.05, 3.63) is 35.0 Å². The number of aliphatic carboxylic acids is 1. The van der Waals surface area contributed by atoms with Crippen LogP contribution in [-0.2, 0) is 9.59 Å². The molecule has 0 heterocycles. The molecule has 0 aliphatic heterocycles. The molecule has 8 nitrogen and oxygen atoms in total. The maximum Gasteiger partial charge on any atom is 0.329 e. The summed E-state index contributed by atoms with van der Waals surface area (Å²) in [6.07, 6.45) is -1.61. The van der Waals surface area contributed by atoms with Gasteiger partial charge in [-0.2, -0.15) is 0 Å². The van der Waals surface area contributed by atoms with Gasteiger partial charge in [-0.05, 0) is 17.7 Å². The van der Waals surface area contributed by atoms with E-state index in [1.807, 2.05) is 5.32 Å². The molecule has 0 fully saturated rings. The lowest BCUT2D eigenvalue weighted by molar-refractivity contribution is -0.145. The van der Waals surface area contributed by atoms with Gasteiger partial charge in [-0.1, -0.05) is 35.3 Å². The fraction of sp³-hybridized carbons (Fsp3) is 0.273. The molecule has 4 N–H and O–H groups in total. The number of aliphatic hydroxyl groups excluding tert-OH is 1. The molecule has 21 heavy (non-hydrogen) atoms. The number of alkyl halides is 2. The minimum atomic E-state index is -1.68. The second-order valence-electron chi connectivity index (χ2n) is 3.93. The zero-order valence-corrected chi connectivity index (χ0v) is 11.8. The van der Waals surface area contributed by atoms with Gasteiger partial charge in [0.1, 0.15) is 6.10 Å². The Morgan fingerprint density at radius 2 is 1.76 bits per heavy atom. The number of nitrogens with one attached hydrogen (secondary N) is 1. The molecule has 0 saturated heterocycles. The Kier molecular flexibility index (Phi) is 6.19. The van der Waals surface area contributed by atoms with Crippen molar-refractivity contribution in [3.8, 4) is 0 Å². The molecule has 0 bridgehead atoms. The number of carbonyl (C=O) groups excluding carboxylic acids is 1. The molecular weight excluding hydrogens is 327 g/mol. The molecule has 0 spiro atoms. The van der Waals surface area contributed by atoms with Crippen molar-refractivity contribution >= 4 is 40.8 Å². The number of carbonyl (C=O) groups is 2. The van der Waals surface area contributed by atoms with Crippen molar-refractivity contribution < 1.29 is 25.0 Å². The van der Waals surface area contributed by atoms with Gasteiger partial charge in [-0.15, -0.1) is 0 Å². The molecule has 0 saturated carbocycles. The highest BCUT2D eigenvalue weighted by atomic mass is 35.5. The highest BCUT2D eigenvalue weighted by Gasteiger charge is 2.30. The van der Waals surface area contributed by atoms with Gasteiger partial charge in [-0.3, -0.25) is 10.0 Å². The van der Waals surface area contributed by atoms with Crippen molar-refractivity contribution in [3.63, 3.8) is 0 Å². The number of hydrogen-bond donors (Lipinski definition) is 4. The van der Waals surface area contributed by atoms with Crippen molar-refractivity contribution in [2.24, 2.45) is 0 Å². The lowest BCUT2D eigenvalue weighted by Gasteiger charge is -2.24. The number of aliphatic hydroxyl groups is 1. The van der Waals surface area contributed by atoms with Crippen LogP contribution in [0.1, 0.15) is 11.7 Å². The Bertz CT molecular complexity index is 508. The van der Waals surface area contributed by atoms with E-state index in [9.17, 15) is 19.9 Å². The van der Waals surface area contributed by atoms with Gasteiger partial charge >= 0.3 is 5.97 Å². The van der Waals surface area contributed by atoms with E-state index in [0.29, 0.717) is 0 Å². The molecule has 1 rings (SSSR count). The van der Waals surface area contributed by atoms with E-state index < -0.39 is 34.1 Å². The summed E-state index contributed by atoms with van der Waals surface area (Å²) >= 11 is 10.6. The van der Waals surface area contributed by atoms with E-state index >= 15 is 0 Å². The van der Waals surface area contributed by atoms with Gasteiger partial charge in [0.25, 0.3) is 5.91 Å². The van der Waals surface area contributed by atoms with E-state index in [-0.39, 0.29) is 11.3 Å². The van der Waals surface area contributed by atoms with Crippen LogP contribution in [0.15, 0.2) is 24.3 Å². The molecule has 2 atom stereocenters. The molecule has 1 aromatic carbocycles. The summed E-state index contributed by atoms with van der Waals surface area (Å²) in [6.45, 7) is 0. The Labute approximate surface area is 129 Å². The second kappa shape index (κ2) is 7.43. The van der Waals surface area contributed by atoms with Gasteiger partial charge in [0.05, 0.1) is 5.69 Å². The van der Waals surface area contributed by atoms with Gasteiger partial charge in [0.15, 0.2) is 10.9 Å². The van der Waals surface area contributed by atoms with Crippen LogP contribution in [0.25, 0.3) is 0 Å². The molecule has 1 aromatic rings. The summed E-state index contributed by atoms with van der Waals surface area (Å²) in [5, 5.41) is 39.9. The molecule has 0 aromatic heterocycles. The third-order valence-electron chi connectivity index (χ3n) is 2.53. The molecule has 10 heteroatoms. The van der Waals surface area contributed by atoms with Gasteiger partial charge < -0.3 is 26.0 Å². The first-order valence-corrected chi connectivity index (χ1v) is 6.36. The molecular formula is C11H11Cl2N2O6-. The van der Waals surface area contributed by atoms with Crippen LogP contribution in [-0.4, -0.2) is 38.2 Å². The van der Waals surface area contributed by atoms with Crippen LogP contribution in [0.4, 0.5) is 5.69 Å². The normalized spacial score (nSPS) is 13.6. The largest absolute Gasteiger partial charge is 0.733 e. The van der Waals surface area contributed by atoms with E-state index in [1.54, 1.807) is 0 Å². The van der Waals surface area contributed by atoms with Crippen molar-refractivity contribution in [2.75, 3.05) is 5.23 Å². The molecule has 1 amide bonds. The minimum Gasteiger partial charge on any atom is -0.733 e. The summed E-state index contributed by atoms with van der Waals surface area (Å²) in [4.78, 5) is 20.9. The quantitative estimate of drug-likeness (QED) is 0.445. The third kappa shape index (κ3) is 4.73. The maximum absolute atomic E-state index is 11.3. The van der Waals surface area contributed by atoms with E-state index in [1.165, 1.54) is 12.1 Å². The topological polar surface area (TPSA) is 133 Å². The first-order chi connectivity index (χ1) is 9.73. The van der Waals surface area contributed by atoms with E-state index in [2.05, 4.69) is 0 Å². The number of carboxylic acid groups (broad SMARTS) is 1. The molecule has 0 aliphatic carbocycles. The van der Waals surface area contributed by atoms with Crippen molar-refractivity contribution in [2.45, 2.75) is 17.0 Å². The first-order valence-electron chi connectivity index (χ1n) is 5.49. The van der Waals surface area contributed by atoms with Crippen LogP contribution in [0.5, 0.6) is 0 Å². The van der Waals surface area contributed by atoms with Crippen LogP contribution < -0.4 is 10.5 Å². The van der Waals surface area contributed by atoms with Gasteiger partial charge in [0.2, 0.25) is 0 Å².